The Labute approximate surface area is 113 Å². The summed E-state index contributed by atoms with van der Waals surface area (Å²) in [5, 5.41) is 8.28. The number of nitrogens with one attached hydrogen (secondary N) is 1. The van der Waals surface area contributed by atoms with Crippen LogP contribution >= 0.6 is 23.2 Å². The van der Waals surface area contributed by atoms with Crippen LogP contribution in [0.15, 0.2) is 17.0 Å². The quantitative estimate of drug-likeness (QED) is 0.810. The lowest BCUT2D eigenvalue weighted by molar-refractivity contribution is 0.0697. The molecule has 0 aliphatic heterocycles. The van der Waals surface area contributed by atoms with E-state index in [2.05, 4.69) is 4.84 Å². The van der Waals surface area contributed by atoms with Crippen molar-refractivity contribution in [3.05, 3.63) is 27.7 Å². The molecule has 0 heterocycles. The van der Waals surface area contributed by atoms with E-state index in [0.29, 0.717) is 0 Å². The van der Waals surface area contributed by atoms with Crippen molar-refractivity contribution in [3.63, 3.8) is 0 Å². The number of carboxylic acids is 1. The van der Waals surface area contributed by atoms with Gasteiger partial charge < -0.3 is 5.11 Å². The highest BCUT2D eigenvalue weighted by Gasteiger charge is 2.24. The highest BCUT2D eigenvalue weighted by Crippen LogP contribution is 2.30. The maximum atomic E-state index is 11.7. The highest BCUT2D eigenvalue weighted by molar-refractivity contribution is 7.89. The molecule has 9 heteroatoms. The fourth-order valence-corrected chi connectivity index (χ4v) is 2.90. The Hall–Kier alpha value is -0.860. The molecule has 0 aliphatic carbocycles. The Kier molecular flexibility index (Phi) is 4.94. The molecule has 2 N–H and O–H groups in total. The molecule has 0 bridgehead atoms. The van der Waals surface area contributed by atoms with Gasteiger partial charge in [-0.05, 0) is 19.1 Å². The summed E-state index contributed by atoms with van der Waals surface area (Å²) in [6.07, 6.45) is 0. The summed E-state index contributed by atoms with van der Waals surface area (Å²) in [5.41, 5.74) is -0.474. The third-order valence-electron chi connectivity index (χ3n) is 1.87. The predicted molar refractivity (Wildman–Crippen MR) is 65.4 cm³/mol. The minimum absolute atomic E-state index is 0.107. The number of carbonyl (C=O) groups is 1. The molecule has 1 aromatic rings. The largest absolute Gasteiger partial charge is 0.478 e. The molecule has 1 aromatic carbocycles. The normalized spacial score (nSPS) is 11.5. The van der Waals surface area contributed by atoms with Gasteiger partial charge in [0, 0.05) is 0 Å². The van der Waals surface area contributed by atoms with Crippen molar-refractivity contribution in [3.8, 4) is 0 Å². The Morgan fingerprint density at radius 3 is 2.56 bits per heavy atom. The van der Waals surface area contributed by atoms with Gasteiger partial charge in [-0.3, -0.25) is 4.84 Å². The summed E-state index contributed by atoms with van der Waals surface area (Å²) in [6.45, 7) is 1.69. The zero-order chi connectivity index (χ0) is 13.9. The molecule has 0 amide bonds. The summed E-state index contributed by atoms with van der Waals surface area (Å²) in [4.78, 5) is 16.9. The first-order chi connectivity index (χ1) is 8.31. The average Bonchev–Trinajstić information content (AvgIpc) is 2.25. The van der Waals surface area contributed by atoms with E-state index in [9.17, 15) is 13.2 Å². The fourth-order valence-electron chi connectivity index (χ4n) is 1.12. The van der Waals surface area contributed by atoms with Gasteiger partial charge in [0.2, 0.25) is 0 Å². The van der Waals surface area contributed by atoms with Gasteiger partial charge in [-0.25, -0.2) is 13.2 Å². The molecule has 0 unspecified atom stereocenters. The van der Waals surface area contributed by atoms with Crippen LogP contribution in [-0.2, 0) is 14.9 Å². The van der Waals surface area contributed by atoms with E-state index in [1.54, 1.807) is 11.8 Å². The van der Waals surface area contributed by atoms with Crippen molar-refractivity contribution in [1.29, 1.82) is 0 Å². The van der Waals surface area contributed by atoms with Gasteiger partial charge in [0.05, 0.1) is 22.2 Å². The Bertz CT molecular complexity index is 573. The third-order valence-corrected chi connectivity index (χ3v) is 3.95. The summed E-state index contributed by atoms with van der Waals surface area (Å²) < 4.78 is 23.5. The Morgan fingerprint density at radius 1 is 1.44 bits per heavy atom. The van der Waals surface area contributed by atoms with Crippen molar-refractivity contribution in [2.24, 2.45) is 0 Å². The molecule has 0 atom stereocenters. The van der Waals surface area contributed by atoms with Gasteiger partial charge in [-0.15, -0.1) is 0 Å². The maximum Gasteiger partial charge on any atom is 0.338 e. The number of sulfonamides is 1. The van der Waals surface area contributed by atoms with Gasteiger partial charge in [0.1, 0.15) is 4.90 Å². The molecular weight excluding hydrogens is 305 g/mol. The van der Waals surface area contributed by atoms with E-state index in [-0.39, 0.29) is 11.6 Å². The first-order valence-electron chi connectivity index (χ1n) is 4.66. The second-order valence-electron chi connectivity index (χ2n) is 3.06. The molecule has 0 fully saturated rings. The van der Waals surface area contributed by atoms with Crippen LogP contribution in [0.5, 0.6) is 0 Å². The van der Waals surface area contributed by atoms with E-state index in [4.69, 9.17) is 28.3 Å². The van der Waals surface area contributed by atoms with E-state index in [1.807, 2.05) is 0 Å². The van der Waals surface area contributed by atoms with Gasteiger partial charge in [-0.2, -0.15) is 0 Å². The molecule has 0 spiro atoms. The summed E-state index contributed by atoms with van der Waals surface area (Å²) in [5.74, 6) is -1.42. The molecule has 1 rings (SSSR count). The van der Waals surface area contributed by atoms with Gasteiger partial charge >= 0.3 is 5.97 Å². The second-order valence-corrected chi connectivity index (χ2v) is 5.46. The Balaban J connectivity index is 3.36. The van der Waals surface area contributed by atoms with Crippen LogP contribution in [0.4, 0.5) is 0 Å². The smallest absolute Gasteiger partial charge is 0.338 e. The molecule has 100 valence electrons. The zero-order valence-corrected chi connectivity index (χ0v) is 11.4. The van der Waals surface area contributed by atoms with E-state index >= 15 is 0 Å². The number of carboxylic acid groups (broad SMARTS) is 1. The van der Waals surface area contributed by atoms with Crippen LogP contribution in [0.2, 0.25) is 10.0 Å². The van der Waals surface area contributed by atoms with E-state index < -0.39 is 31.5 Å². The summed E-state index contributed by atoms with van der Waals surface area (Å²) >= 11 is 11.4. The minimum atomic E-state index is -4.05. The minimum Gasteiger partial charge on any atom is -0.478 e. The molecule has 0 saturated carbocycles. The van der Waals surface area contributed by atoms with Crippen LogP contribution in [0, 0.1) is 0 Å². The molecule has 0 saturated heterocycles. The maximum absolute atomic E-state index is 11.7. The van der Waals surface area contributed by atoms with Gasteiger partial charge in [0.15, 0.2) is 0 Å². The van der Waals surface area contributed by atoms with Crippen LogP contribution < -0.4 is 4.89 Å². The van der Waals surface area contributed by atoms with Crippen LogP contribution in [-0.4, -0.2) is 26.1 Å². The summed E-state index contributed by atoms with van der Waals surface area (Å²) in [7, 11) is -4.05. The zero-order valence-electron chi connectivity index (χ0n) is 9.11. The van der Waals surface area contributed by atoms with Crippen LogP contribution in [0.1, 0.15) is 17.3 Å². The van der Waals surface area contributed by atoms with Gasteiger partial charge in [0.25, 0.3) is 10.0 Å². The molecule has 18 heavy (non-hydrogen) atoms. The molecule has 0 radical (unpaired) electrons. The lowest BCUT2D eigenvalue weighted by Gasteiger charge is -2.10. The standard InChI is InChI=1S/C9H9Cl2NO5S/c1-2-17-12-18(15,16)6-4-3-5(10)7(8(6)11)9(13)14/h3-4,12H,2H2,1H3,(H,13,14). The van der Waals surface area contributed by atoms with Crippen molar-refractivity contribution in [2.45, 2.75) is 11.8 Å². The molecular formula is C9H9Cl2NO5S. The first kappa shape index (κ1) is 15.2. The van der Waals surface area contributed by atoms with Crippen molar-refractivity contribution >= 4 is 39.2 Å². The third kappa shape index (κ3) is 3.12. The fraction of sp³-hybridized carbons (Fsp3) is 0.222. The lowest BCUT2D eigenvalue weighted by Crippen LogP contribution is -2.24. The first-order valence-corrected chi connectivity index (χ1v) is 6.90. The summed E-state index contributed by atoms with van der Waals surface area (Å²) in [6, 6.07) is 2.23. The number of rotatable bonds is 5. The molecule has 0 aromatic heterocycles. The predicted octanol–water partition coefficient (Wildman–Crippen LogP) is 1.92. The topological polar surface area (TPSA) is 92.7 Å². The number of hydrogen-bond acceptors (Lipinski definition) is 4. The van der Waals surface area contributed by atoms with Crippen molar-refractivity contribution < 1.29 is 23.2 Å². The number of halogens is 2. The van der Waals surface area contributed by atoms with Crippen molar-refractivity contribution in [2.75, 3.05) is 6.61 Å². The lowest BCUT2D eigenvalue weighted by atomic mass is 10.2. The van der Waals surface area contributed by atoms with Gasteiger partial charge in [-0.1, -0.05) is 28.1 Å². The Morgan fingerprint density at radius 2 is 2.06 bits per heavy atom. The monoisotopic (exact) mass is 313 g/mol. The van der Waals surface area contributed by atoms with Crippen molar-refractivity contribution in [1.82, 2.24) is 4.89 Å². The van der Waals surface area contributed by atoms with Crippen LogP contribution in [0.25, 0.3) is 0 Å². The van der Waals surface area contributed by atoms with E-state index in [0.717, 1.165) is 12.1 Å². The average molecular weight is 314 g/mol. The molecule has 6 nitrogen and oxygen atoms in total. The second kappa shape index (κ2) is 5.85. The van der Waals surface area contributed by atoms with E-state index in [1.165, 1.54) is 0 Å². The number of aromatic carboxylic acids is 1. The molecule has 0 aliphatic rings. The van der Waals surface area contributed by atoms with Crippen LogP contribution in [0.3, 0.4) is 0 Å². The SMILES string of the molecule is CCONS(=O)(=O)c1ccc(Cl)c(C(=O)O)c1Cl. The highest BCUT2D eigenvalue weighted by atomic mass is 35.5. The number of benzene rings is 1. The number of hydrogen-bond donors (Lipinski definition) is 2.